The van der Waals surface area contributed by atoms with Crippen LogP contribution >= 0.6 is 11.6 Å². The van der Waals surface area contributed by atoms with Gasteiger partial charge in [-0.05, 0) is 40.3 Å². The third-order valence-corrected chi connectivity index (χ3v) is 3.44. The summed E-state index contributed by atoms with van der Waals surface area (Å²) < 4.78 is 15.1. The zero-order chi connectivity index (χ0) is 14.8. The topological polar surface area (TPSA) is 69.6 Å². The van der Waals surface area contributed by atoms with Gasteiger partial charge in [-0.2, -0.15) is 0 Å². The Kier molecular flexibility index (Phi) is 3.53. The highest BCUT2D eigenvalue weighted by Crippen LogP contribution is 2.22. The van der Waals surface area contributed by atoms with Gasteiger partial charge in [0.1, 0.15) is 5.82 Å². The number of nitrogens with two attached hydrogens (primary N) is 1. The van der Waals surface area contributed by atoms with Crippen LogP contribution in [0.1, 0.15) is 5.56 Å². The lowest BCUT2D eigenvalue weighted by atomic mass is 10.1. The fraction of sp³-hybridized carbons (Fsp3) is 0.0714. The maximum Gasteiger partial charge on any atom is 0.182 e. The van der Waals surface area contributed by atoms with Crippen LogP contribution in [0.3, 0.4) is 0 Å². The van der Waals surface area contributed by atoms with Gasteiger partial charge in [0.25, 0.3) is 0 Å². The Labute approximate surface area is 125 Å². The summed E-state index contributed by atoms with van der Waals surface area (Å²) >= 11 is 6.13. The Hall–Kier alpha value is -2.47. The van der Waals surface area contributed by atoms with Crippen molar-refractivity contribution in [2.45, 2.75) is 6.54 Å². The Balaban J connectivity index is 1.97. The Morgan fingerprint density at radius 2 is 2.00 bits per heavy atom. The predicted octanol–water partition coefficient (Wildman–Crippen LogP) is 2.76. The minimum absolute atomic E-state index is 0.0869. The minimum atomic E-state index is -0.500. The second-order valence-electron chi connectivity index (χ2n) is 4.49. The quantitative estimate of drug-likeness (QED) is 0.755. The van der Waals surface area contributed by atoms with E-state index in [9.17, 15) is 4.39 Å². The first-order chi connectivity index (χ1) is 10.1. The highest BCUT2D eigenvalue weighted by Gasteiger charge is 2.12. The zero-order valence-electron chi connectivity index (χ0n) is 10.9. The molecule has 0 bridgehead atoms. The first-order valence-electron chi connectivity index (χ1n) is 6.20. The number of nitrogens with zero attached hydrogens (tertiary/aromatic N) is 4. The number of aromatic nitrogens is 4. The normalized spacial score (nSPS) is 10.8. The van der Waals surface area contributed by atoms with Crippen LogP contribution in [0.5, 0.6) is 0 Å². The molecule has 3 rings (SSSR count). The minimum Gasteiger partial charge on any atom is -0.396 e. The molecule has 2 N–H and O–H groups in total. The van der Waals surface area contributed by atoms with Gasteiger partial charge < -0.3 is 5.73 Å². The Bertz CT molecular complexity index is 787. The Morgan fingerprint density at radius 1 is 1.19 bits per heavy atom. The van der Waals surface area contributed by atoms with Crippen LogP contribution in [0.2, 0.25) is 5.02 Å². The molecule has 0 amide bonds. The molecule has 5 nitrogen and oxygen atoms in total. The summed E-state index contributed by atoms with van der Waals surface area (Å²) in [5, 5.41) is 12.1. The number of rotatable bonds is 3. The molecular weight excluding hydrogens is 293 g/mol. The third kappa shape index (κ3) is 2.71. The summed E-state index contributed by atoms with van der Waals surface area (Å²) in [4.78, 5) is 0. The van der Waals surface area contributed by atoms with Crippen molar-refractivity contribution in [3.8, 4) is 11.4 Å². The highest BCUT2D eigenvalue weighted by atomic mass is 35.5. The van der Waals surface area contributed by atoms with E-state index in [0.717, 1.165) is 5.56 Å². The average molecular weight is 304 g/mol. The van der Waals surface area contributed by atoms with Crippen LogP contribution in [0.4, 0.5) is 10.1 Å². The predicted molar refractivity (Wildman–Crippen MR) is 78.2 cm³/mol. The SMILES string of the molecule is Nc1ccc(-c2nnnn2Cc2ccccc2Cl)cc1F. The van der Waals surface area contributed by atoms with E-state index in [1.54, 1.807) is 16.8 Å². The third-order valence-electron chi connectivity index (χ3n) is 3.07. The molecular formula is C14H11ClFN5. The maximum atomic E-state index is 13.6. The number of anilines is 1. The van der Waals surface area contributed by atoms with E-state index >= 15 is 0 Å². The molecule has 1 aromatic heterocycles. The van der Waals surface area contributed by atoms with Gasteiger partial charge in [0.15, 0.2) is 5.82 Å². The van der Waals surface area contributed by atoms with E-state index < -0.39 is 5.82 Å². The molecule has 3 aromatic rings. The number of benzene rings is 2. The number of tetrazole rings is 1. The monoisotopic (exact) mass is 303 g/mol. The average Bonchev–Trinajstić information content (AvgIpc) is 2.93. The van der Waals surface area contributed by atoms with Crippen molar-refractivity contribution < 1.29 is 4.39 Å². The molecule has 1 heterocycles. The molecule has 0 radical (unpaired) electrons. The molecule has 0 unspecified atom stereocenters. The van der Waals surface area contributed by atoms with Crippen molar-refractivity contribution in [3.63, 3.8) is 0 Å². The van der Waals surface area contributed by atoms with Gasteiger partial charge in [-0.1, -0.05) is 29.8 Å². The van der Waals surface area contributed by atoms with E-state index in [-0.39, 0.29) is 5.69 Å². The van der Waals surface area contributed by atoms with Crippen molar-refractivity contribution in [1.29, 1.82) is 0 Å². The van der Waals surface area contributed by atoms with Gasteiger partial charge in [-0.3, -0.25) is 0 Å². The Morgan fingerprint density at radius 3 is 2.76 bits per heavy atom. The van der Waals surface area contributed by atoms with Crippen LogP contribution in [-0.2, 0) is 6.54 Å². The number of hydrogen-bond acceptors (Lipinski definition) is 4. The second-order valence-corrected chi connectivity index (χ2v) is 4.90. The van der Waals surface area contributed by atoms with Gasteiger partial charge in [0.05, 0.1) is 12.2 Å². The first kappa shape index (κ1) is 13.5. The van der Waals surface area contributed by atoms with E-state index in [1.807, 2.05) is 18.2 Å². The lowest BCUT2D eigenvalue weighted by Gasteiger charge is -2.07. The molecule has 0 aliphatic rings. The van der Waals surface area contributed by atoms with Gasteiger partial charge in [-0.25, -0.2) is 9.07 Å². The molecule has 106 valence electrons. The van der Waals surface area contributed by atoms with E-state index in [0.29, 0.717) is 23.0 Å². The summed E-state index contributed by atoms with van der Waals surface area (Å²) in [6, 6.07) is 11.9. The van der Waals surface area contributed by atoms with E-state index in [2.05, 4.69) is 15.5 Å². The summed E-state index contributed by atoms with van der Waals surface area (Å²) in [5.41, 5.74) is 6.99. The van der Waals surface area contributed by atoms with Crippen LogP contribution in [0.25, 0.3) is 11.4 Å². The van der Waals surface area contributed by atoms with Gasteiger partial charge in [-0.15, -0.1) is 5.10 Å². The van der Waals surface area contributed by atoms with Gasteiger partial charge in [0.2, 0.25) is 0 Å². The molecule has 2 aromatic carbocycles. The molecule has 0 spiro atoms. The summed E-state index contributed by atoms with van der Waals surface area (Å²) in [6.45, 7) is 0.397. The highest BCUT2D eigenvalue weighted by molar-refractivity contribution is 6.31. The molecule has 7 heteroatoms. The summed E-state index contributed by atoms with van der Waals surface area (Å²) in [6.07, 6.45) is 0. The molecule has 0 aliphatic carbocycles. The molecule has 21 heavy (non-hydrogen) atoms. The first-order valence-corrected chi connectivity index (χ1v) is 6.58. The zero-order valence-corrected chi connectivity index (χ0v) is 11.6. The van der Waals surface area contributed by atoms with E-state index in [1.165, 1.54) is 12.1 Å². The number of nitrogen functional groups attached to an aromatic ring is 1. The molecule has 0 atom stereocenters. The lowest BCUT2D eigenvalue weighted by Crippen LogP contribution is -2.05. The summed E-state index contributed by atoms with van der Waals surface area (Å²) in [7, 11) is 0. The van der Waals surface area contributed by atoms with Gasteiger partial charge in [0, 0.05) is 10.6 Å². The van der Waals surface area contributed by atoms with Crippen molar-refractivity contribution in [2.75, 3.05) is 5.73 Å². The van der Waals surface area contributed by atoms with Crippen molar-refractivity contribution in [2.24, 2.45) is 0 Å². The smallest absolute Gasteiger partial charge is 0.182 e. The number of halogens is 2. The molecule has 0 aliphatic heterocycles. The van der Waals surface area contributed by atoms with Crippen LogP contribution in [0.15, 0.2) is 42.5 Å². The van der Waals surface area contributed by atoms with E-state index in [4.69, 9.17) is 17.3 Å². The molecule has 0 saturated heterocycles. The van der Waals surface area contributed by atoms with Crippen molar-refractivity contribution >= 4 is 17.3 Å². The number of hydrogen-bond donors (Lipinski definition) is 1. The van der Waals surface area contributed by atoms with Crippen LogP contribution in [0, 0.1) is 5.82 Å². The van der Waals surface area contributed by atoms with Crippen molar-refractivity contribution in [1.82, 2.24) is 20.2 Å². The molecule has 0 saturated carbocycles. The molecule has 0 fully saturated rings. The second kappa shape index (κ2) is 5.49. The largest absolute Gasteiger partial charge is 0.396 e. The summed E-state index contributed by atoms with van der Waals surface area (Å²) in [5.74, 6) is -0.0476. The lowest BCUT2D eigenvalue weighted by molar-refractivity contribution is 0.631. The van der Waals surface area contributed by atoms with Crippen molar-refractivity contribution in [3.05, 3.63) is 58.9 Å². The van der Waals surface area contributed by atoms with Crippen LogP contribution in [-0.4, -0.2) is 20.2 Å². The maximum absolute atomic E-state index is 13.6. The fourth-order valence-corrected chi connectivity index (χ4v) is 2.17. The fourth-order valence-electron chi connectivity index (χ4n) is 1.97. The standard InChI is InChI=1S/C14H11ClFN5/c15-11-4-2-1-3-10(11)8-21-14(18-19-20-21)9-5-6-13(17)12(16)7-9/h1-7H,8,17H2. The van der Waals surface area contributed by atoms with Gasteiger partial charge >= 0.3 is 0 Å². The van der Waals surface area contributed by atoms with Crippen LogP contribution < -0.4 is 5.73 Å².